The SMILES string of the molecule is CCOc1ccccc1NC(=O)Cn1nc(C(C)C)c2cnn(-c3ccc(C)c(C)c3)c2c1=O. The zero-order valence-corrected chi connectivity index (χ0v) is 20.1. The topological polar surface area (TPSA) is 91.0 Å². The second-order valence-corrected chi connectivity index (χ2v) is 8.57. The van der Waals surface area contributed by atoms with Crippen LogP contribution in [0.2, 0.25) is 0 Å². The third kappa shape index (κ3) is 4.44. The summed E-state index contributed by atoms with van der Waals surface area (Å²) >= 11 is 0. The highest BCUT2D eigenvalue weighted by Crippen LogP contribution is 2.25. The number of anilines is 1. The first-order chi connectivity index (χ1) is 16.3. The Labute approximate surface area is 198 Å². The molecule has 1 amide bonds. The van der Waals surface area contributed by atoms with Gasteiger partial charge in [-0.15, -0.1) is 0 Å². The zero-order chi connectivity index (χ0) is 24.4. The van der Waals surface area contributed by atoms with Gasteiger partial charge in [0.1, 0.15) is 17.8 Å². The van der Waals surface area contributed by atoms with Gasteiger partial charge in [-0.05, 0) is 62.1 Å². The molecule has 8 nitrogen and oxygen atoms in total. The van der Waals surface area contributed by atoms with E-state index in [1.54, 1.807) is 23.0 Å². The van der Waals surface area contributed by atoms with E-state index >= 15 is 0 Å². The molecule has 2 aromatic heterocycles. The molecule has 0 saturated heterocycles. The zero-order valence-electron chi connectivity index (χ0n) is 20.1. The molecule has 0 bridgehead atoms. The predicted octanol–water partition coefficient (Wildman–Crippen LogP) is 4.36. The summed E-state index contributed by atoms with van der Waals surface area (Å²) in [4.78, 5) is 26.4. The molecule has 1 N–H and O–H groups in total. The van der Waals surface area contributed by atoms with Crippen molar-refractivity contribution in [3.8, 4) is 11.4 Å². The molecule has 0 unspecified atom stereocenters. The van der Waals surface area contributed by atoms with Crippen LogP contribution in [0.5, 0.6) is 5.75 Å². The van der Waals surface area contributed by atoms with E-state index in [9.17, 15) is 9.59 Å². The monoisotopic (exact) mass is 459 g/mol. The molecule has 0 saturated carbocycles. The molecule has 0 aliphatic rings. The molecule has 0 atom stereocenters. The van der Waals surface area contributed by atoms with Gasteiger partial charge in [0, 0.05) is 5.39 Å². The lowest BCUT2D eigenvalue weighted by Crippen LogP contribution is -2.31. The molecule has 0 aliphatic heterocycles. The molecule has 0 fully saturated rings. The molecule has 34 heavy (non-hydrogen) atoms. The van der Waals surface area contributed by atoms with Gasteiger partial charge in [-0.3, -0.25) is 9.59 Å². The van der Waals surface area contributed by atoms with Crippen LogP contribution in [0.4, 0.5) is 5.69 Å². The first-order valence-electron chi connectivity index (χ1n) is 11.4. The fourth-order valence-corrected chi connectivity index (χ4v) is 3.86. The fraction of sp³-hybridized carbons (Fsp3) is 0.308. The van der Waals surface area contributed by atoms with Crippen LogP contribution in [-0.2, 0) is 11.3 Å². The Balaban J connectivity index is 1.76. The Morgan fingerprint density at radius 2 is 1.88 bits per heavy atom. The van der Waals surface area contributed by atoms with Crippen molar-refractivity contribution >= 4 is 22.5 Å². The quantitative estimate of drug-likeness (QED) is 0.443. The van der Waals surface area contributed by atoms with Gasteiger partial charge in [0.15, 0.2) is 0 Å². The first-order valence-corrected chi connectivity index (χ1v) is 11.4. The van der Waals surface area contributed by atoms with Gasteiger partial charge in [-0.1, -0.05) is 32.0 Å². The maximum atomic E-state index is 13.5. The molecular weight excluding hydrogens is 430 g/mol. The molecule has 176 valence electrons. The van der Waals surface area contributed by atoms with Crippen molar-refractivity contribution in [3.63, 3.8) is 0 Å². The van der Waals surface area contributed by atoms with E-state index in [0.29, 0.717) is 34.6 Å². The van der Waals surface area contributed by atoms with Crippen molar-refractivity contribution in [2.75, 3.05) is 11.9 Å². The summed E-state index contributed by atoms with van der Waals surface area (Å²) in [7, 11) is 0. The van der Waals surface area contributed by atoms with E-state index in [1.165, 1.54) is 4.68 Å². The smallest absolute Gasteiger partial charge is 0.293 e. The number of carbonyl (C=O) groups excluding carboxylic acids is 1. The summed E-state index contributed by atoms with van der Waals surface area (Å²) in [6.45, 7) is 10.2. The van der Waals surface area contributed by atoms with Crippen LogP contribution < -0.4 is 15.6 Å². The van der Waals surface area contributed by atoms with Crippen molar-refractivity contribution < 1.29 is 9.53 Å². The fourth-order valence-electron chi connectivity index (χ4n) is 3.86. The Bertz CT molecular complexity index is 1420. The van der Waals surface area contributed by atoms with Gasteiger partial charge in [0.2, 0.25) is 5.91 Å². The number of amides is 1. The third-order valence-electron chi connectivity index (χ3n) is 5.75. The largest absolute Gasteiger partial charge is 0.492 e. The summed E-state index contributed by atoms with van der Waals surface area (Å²) < 4.78 is 8.44. The maximum absolute atomic E-state index is 13.5. The highest BCUT2D eigenvalue weighted by atomic mass is 16.5. The van der Waals surface area contributed by atoms with Gasteiger partial charge in [-0.25, -0.2) is 9.36 Å². The lowest BCUT2D eigenvalue weighted by molar-refractivity contribution is -0.117. The standard InChI is InChI=1S/C26H29N5O3/c1-6-34-22-10-8-7-9-21(22)28-23(32)15-30-26(33)25-20(24(29-30)16(2)3)14-27-31(25)19-12-11-17(4)18(5)13-19/h7-14,16H,6,15H2,1-5H3,(H,28,32). The third-order valence-corrected chi connectivity index (χ3v) is 5.75. The molecule has 4 rings (SSSR count). The number of aromatic nitrogens is 4. The number of fused-ring (bicyclic) bond motifs is 1. The molecule has 2 heterocycles. The van der Waals surface area contributed by atoms with Crippen LogP contribution >= 0.6 is 0 Å². The summed E-state index contributed by atoms with van der Waals surface area (Å²) in [6, 6.07) is 13.1. The molecule has 4 aromatic rings. The Morgan fingerprint density at radius 1 is 1.12 bits per heavy atom. The van der Waals surface area contributed by atoms with Crippen molar-refractivity contribution in [2.24, 2.45) is 0 Å². The molecule has 8 heteroatoms. The minimum atomic E-state index is -0.372. The van der Waals surface area contributed by atoms with Crippen LogP contribution in [0.3, 0.4) is 0 Å². The average molecular weight is 460 g/mol. The van der Waals surface area contributed by atoms with Crippen LogP contribution in [0.15, 0.2) is 53.5 Å². The van der Waals surface area contributed by atoms with Crippen LogP contribution in [0.1, 0.15) is 43.5 Å². The average Bonchev–Trinajstić information content (AvgIpc) is 3.24. The summed E-state index contributed by atoms with van der Waals surface area (Å²) in [5, 5.41) is 12.6. The van der Waals surface area contributed by atoms with Gasteiger partial charge in [0.25, 0.3) is 5.56 Å². The van der Waals surface area contributed by atoms with E-state index < -0.39 is 0 Å². The minimum Gasteiger partial charge on any atom is -0.492 e. The number of benzene rings is 2. The lowest BCUT2D eigenvalue weighted by Gasteiger charge is -2.14. The Morgan fingerprint density at radius 3 is 2.59 bits per heavy atom. The number of hydrogen-bond acceptors (Lipinski definition) is 5. The van der Waals surface area contributed by atoms with Crippen molar-refractivity contribution in [3.05, 3.63) is 75.8 Å². The summed E-state index contributed by atoms with van der Waals surface area (Å²) in [5.74, 6) is 0.242. The second-order valence-electron chi connectivity index (χ2n) is 8.57. The summed E-state index contributed by atoms with van der Waals surface area (Å²) in [5.41, 5.74) is 4.35. The summed E-state index contributed by atoms with van der Waals surface area (Å²) in [6.07, 6.45) is 1.68. The molecule has 0 spiro atoms. The number of hydrogen-bond donors (Lipinski definition) is 1. The second kappa shape index (κ2) is 9.51. The number of aryl methyl sites for hydroxylation is 2. The van der Waals surface area contributed by atoms with Gasteiger partial charge >= 0.3 is 0 Å². The van der Waals surface area contributed by atoms with Crippen LogP contribution in [0.25, 0.3) is 16.6 Å². The van der Waals surface area contributed by atoms with E-state index in [0.717, 1.165) is 16.8 Å². The van der Waals surface area contributed by atoms with Crippen molar-refractivity contribution in [1.29, 1.82) is 0 Å². The molecule has 0 radical (unpaired) electrons. The highest BCUT2D eigenvalue weighted by molar-refractivity contribution is 5.92. The van der Waals surface area contributed by atoms with Crippen LogP contribution in [0, 0.1) is 13.8 Å². The number of nitrogens with zero attached hydrogens (tertiary/aromatic N) is 4. The van der Waals surface area contributed by atoms with Crippen LogP contribution in [-0.4, -0.2) is 32.1 Å². The number of para-hydroxylation sites is 2. The molecular formula is C26H29N5O3. The normalized spacial score (nSPS) is 11.2. The lowest BCUT2D eigenvalue weighted by atomic mass is 10.1. The first kappa shape index (κ1) is 23.2. The Hall–Kier alpha value is -3.94. The number of ether oxygens (including phenoxy) is 1. The van der Waals surface area contributed by atoms with E-state index in [2.05, 4.69) is 15.5 Å². The minimum absolute atomic E-state index is 0.0356. The Kier molecular flexibility index (Phi) is 6.49. The number of carbonyl (C=O) groups is 1. The van der Waals surface area contributed by atoms with Gasteiger partial charge in [0.05, 0.1) is 29.9 Å². The van der Waals surface area contributed by atoms with Crippen molar-refractivity contribution in [2.45, 2.75) is 47.1 Å². The van der Waals surface area contributed by atoms with E-state index in [1.807, 2.05) is 65.0 Å². The van der Waals surface area contributed by atoms with Crippen molar-refractivity contribution in [1.82, 2.24) is 19.6 Å². The highest BCUT2D eigenvalue weighted by Gasteiger charge is 2.20. The number of nitrogens with one attached hydrogen (secondary N) is 1. The van der Waals surface area contributed by atoms with Gasteiger partial charge < -0.3 is 10.1 Å². The molecule has 2 aromatic carbocycles. The number of rotatable bonds is 7. The van der Waals surface area contributed by atoms with E-state index in [-0.39, 0.29) is 23.9 Å². The maximum Gasteiger partial charge on any atom is 0.293 e. The van der Waals surface area contributed by atoms with E-state index in [4.69, 9.17) is 4.74 Å². The van der Waals surface area contributed by atoms with Gasteiger partial charge in [-0.2, -0.15) is 10.2 Å². The predicted molar refractivity (Wildman–Crippen MR) is 133 cm³/mol. The molecule has 0 aliphatic carbocycles.